The van der Waals surface area contributed by atoms with Gasteiger partial charge in [0.25, 0.3) is 0 Å². The molecule has 3 rings (SSSR count). The molecule has 0 spiro atoms. The molecule has 106 valence electrons. The molecule has 3 aromatic rings. The second-order valence-electron chi connectivity index (χ2n) is 4.96. The van der Waals surface area contributed by atoms with Gasteiger partial charge < -0.3 is 10.3 Å². The Kier molecular flexibility index (Phi) is 4.36. The molecule has 0 unspecified atom stereocenters. The van der Waals surface area contributed by atoms with Crippen molar-refractivity contribution < 1.29 is 0 Å². The number of rotatable bonds is 4. The van der Waals surface area contributed by atoms with Crippen LogP contribution < -0.4 is 5.73 Å². The minimum atomic E-state index is -0.0748. The maximum atomic E-state index is 6.38. The fourth-order valence-corrected chi connectivity index (χ4v) is 2.73. The van der Waals surface area contributed by atoms with Gasteiger partial charge in [-0.2, -0.15) is 0 Å². The first-order chi connectivity index (χ1) is 10.2. The third-order valence-electron chi connectivity index (χ3n) is 3.45. The van der Waals surface area contributed by atoms with Gasteiger partial charge in [-0.1, -0.05) is 30.3 Å². The van der Waals surface area contributed by atoms with Crippen LogP contribution in [0.25, 0.3) is 5.69 Å². The lowest BCUT2D eigenvalue weighted by Gasteiger charge is -2.15. The van der Waals surface area contributed by atoms with Crippen LogP contribution in [0.5, 0.6) is 0 Å². The quantitative estimate of drug-likeness (QED) is 0.692. The SMILES string of the molecule is N[C@H](Cc1ccccc1)c1cncn1-c1ccc(I)cc1. The van der Waals surface area contributed by atoms with Gasteiger partial charge in [-0.15, -0.1) is 0 Å². The topological polar surface area (TPSA) is 43.8 Å². The highest BCUT2D eigenvalue weighted by atomic mass is 127. The summed E-state index contributed by atoms with van der Waals surface area (Å²) in [6, 6.07) is 18.6. The van der Waals surface area contributed by atoms with Gasteiger partial charge in [0, 0.05) is 9.26 Å². The van der Waals surface area contributed by atoms with E-state index in [1.54, 1.807) is 0 Å². The van der Waals surface area contributed by atoms with Gasteiger partial charge in [0.15, 0.2) is 0 Å². The van der Waals surface area contributed by atoms with E-state index in [-0.39, 0.29) is 6.04 Å². The molecule has 0 fully saturated rings. The Hall–Kier alpha value is -1.66. The first-order valence-electron chi connectivity index (χ1n) is 6.82. The van der Waals surface area contributed by atoms with Crippen molar-refractivity contribution in [1.29, 1.82) is 0 Å². The molecule has 4 heteroatoms. The molecule has 0 radical (unpaired) electrons. The number of nitrogens with zero attached hydrogens (tertiary/aromatic N) is 2. The summed E-state index contributed by atoms with van der Waals surface area (Å²) in [6.45, 7) is 0. The summed E-state index contributed by atoms with van der Waals surface area (Å²) in [6.07, 6.45) is 4.48. The smallest absolute Gasteiger partial charge is 0.0994 e. The highest BCUT2D eigenvalue weighted by molar-refractivity contribution is 14.1. The van der Waals surface area contributed by atoms with Gasteiger partial charge in [-0.25, -0.2) is 4.98 Å². The summed E-state index contributed by atoms with van der Waals surface area (Å²) in [7, 11) is 0. The standard InChI is InChI=1S/C17H16IN3/c18-14-6-8-15(9-7-14)21-12-20-11-17(21)16(19)10-13-4-2-1-3-5-13/h1-9,11-12,16H,10,19H2/t16-/m1/s1. The molecular weight excluding hydrogens is 373 g/mol. The summed E-state index contributed by atoms with van der Waals surface area (Å²) >= 11 is 2.30. The summed E-state index contributed by atoms with van der Waals surface area (Å²) in [4.78, 5) is 4.26. The van der Waals surface area contributed by atoms with E-state index in [1.807, 2.05) is 30.7 Å². The van der Waals surface area contributed by atoms with Gasteiger partial charge in [0.1, 0.15) is 0 Å². The van der Waals surface area contributed by atoms with E-state index in [0.29, 0.717) is 0 Å². The lowest BCUT2D eigenvalue weighted by atomic mass is 10.0. The Morgan fingerprint density at radius 3 is 2.48 bits per heavy atom. The van der Waals surface area contributed by atoms with Crippen molar-refractivity contribution in [3.8, 4) is 5.69 Å². The summed E-state index contributed by atoms with van der Waals surface area (Å²) in [5, 5.41) is 0. The Balaban J connectivity index is 1.86. The van der Waals surface area contributed by atoms with Crippen molar-refractivity contribution in [2.75, 3.05) is 0 Å². The van der Waals surface area contributed by atoms with Crippen LogP contribution in [0.3, 0.4) is 0 Å². The molecule has 0 saturated heterocycles. The van der Waals surface area contributed by atoms with E-state index in [0.717, 1.165) is 17.8 Å². The molecule has 3 nitrogen and oxygen atoms in total. The molecule has 1 atom stereocenters. The van der Waals surface area contributed by atoms with Gasteiger partial charge in [0.05, 0.1) is 24.3 Å². The predicted molar refractivity (Wildman–Crippen MR) is 93.4 cm³/mol. The van der Waals surface area contributed by atoms with Crippen molar-refractivity contribution in [2.24, 2.45) is 5.73 Å². The predicted octanol–water partition coefficient (Wildman–Crippen LogP) is 3.72. The lowest BCUT2D eigenvalue weighted by molar-refractivity contribution is 0.679. The number of hydrogen-bond acceptors (Lipinski definition) is 2. The Morgan fingerprint density at radius 2 is 1.76 bits per heavy atom. The maximum absolute atomic E-state index is 6.38. The van der Waals surface area contributed by atoms with Crippen LogP contribution >= 0.6 is 22.6 Å². The number of halogens is 1. The van der Waals surface area contributed by atoms with Crippen LogP contribution in [0.15, 0.2) is 67.1 Å². The summed E-state index contributed by atoms with van der Waals surface area (Å²) < 4.78 is 3.27. The van der Waals surface area contributed by atoms with E-state index in [2.05, 4.69) is 68.5 Å². The van der Waals surface area contributed by atoms with Gasteiger partial charge in [-0.3, -0.25) is 0 Å². The minimum absolute atomic E-state index is 0.0748. The highest BCUT2D eigenvalue weighted by Gasteiger charge is 2.13. The average Bonchev–Trinajstić information content (AvgIpc) is 2.98. The molecule has 0 aliphatic rings. The molecule has 1 heterocycles. The van der Waals surface area contributed by atoms with E-state index < -0.39 is 0 Å². The zero-order valence-corrected chi connectivity index (χ0v) is 13.6. The highest BCUT2D eigenvalue weighted by Crippen LogP contribution is 2.20. The summed E-state index contributed by atoms with van der Waals surface area (Å²) in [5.41, 5.74) is 9.73. The molecule has 0 aliphatic heterocycles. The monoisotopic (exact) mass is 389 g/mol. The minimum Gasteiger partial charge on any atom is -0.322 e. The first-order valence-corrected chi connectivity index (χ1v) is 7.89. The largest absolute Gasteiger partial charge is 0.322 e. The Bertz CT molecular complexity index is 704. The van der Waals surface area contributed by atoms with Crippen LogP contribution in [-0.2, 0) is 6.42 Å². The number of aromatic nitrogens is 2. The normalized spacial score (nSPS) is 12.3. The summed E-state index contributed by atoms with van der Waals surface area (Å²) in [5.74, 6) is 0. The molecule has 2 aromatic carbocycles. The first kappa shape index (κ1) is 14.3. The van der Waals surface area contributed by atoms with Crippen molar-refractivity contribution in [1.82, 2.24) is 9.55 Å². The fraction of sp³-hybridized carbons (Fsp3) is 0.118. The zero-order chi connectivity index (χ0) is 14.7. The van der Waals surface area contributed by atoms with Crippen molar-refractivity contribution in [2.45, 2.75) is 12.5 Å². The van der Waals surface area contributed by atoms with Crippen molar-refractivity contribution >= 4 is 22.6 Å². The maximum Gasteiger partial charge on any atom is 0.0994 e. The Labute approximate surface area is 138 Å². The van der Waals surface area contributed by atoms with Gasteiger partial charge >= 0.3 is 0 Å². The van der Waals surface area contributed by atoms with Crippen molar-refractivity contribution in [3.05, 3.63) is 81.9 Å². The van der Waals surface area contributed by atoms with Crippen LogP contribution in [0.4, 0.5) is 0 Å². The molecule has 0 amide bonds. The second kappa shape index (κ2) is 6.41. The fourth-order valence-electron chi connectivity index (χ4n) is 2.37. The molecule has 2 N–H and O–H groups in total. The van der Waals surface area contributed by atoms with Crippen LogP contribution in [-0.4, -0.2) is 9.55 Å². The molecule has 0 saturated carbocycles. The van der Waals surface area contributed by atoms with Gasteiger partial charge in [0.2, 0.25) is 0 Å². The zero-order valence-electron chi connectivity index (χ0n) is 11.5. The molecule has 0 aliphatic carbocycles. The van der Waals surface area contributed by atoms with Crippen LogP contribution in [0.2, 0.25) is 0 Å². The van der Waals surface area contributed by atoms with Crippen molar-refractivity contribution in [3.63, 3.8) is 0 Å². The molecule has 0 bridgehead atoms. The van der Waals surface area contributed by atoms with Crippen LogP contribution in [0.1, 0.15) is 17.3 Å². The number of hydrogen-bond donors (Lipinski definition) is 1. The Morgan fingerprint density at radius 1 is 1.05 bits per heavy atom. The van der Waals surface area contributed by atoms with E-state index in [4.69, 9.17) is 5.73 Å². The lowest BCUT2D eigenvalue weighted by Crippen LogP contribution is -2.17. The average molecular weight is 389 g/mol. The third kappa shape index (κ3) is 3.33. The van der Waals surface area contributed by atoms with Gasteiger partial charge in [-0.05, 0) is 58.8 Å². The molecule has 1 aromatic heterocycles. The van der Waals surface area contributed by atoms with E-state index in [1.165, 1.54) is 9.13 Å². The second-order valence-corrected chi connectivity index (χ2v) is 6.21. The third-order valence-corrected chi connectivity index (χ3v) is 4.17. The number of nitrogens with two attached hydrogens (primary N) is 1. The molecular formula is C17H16IN3. The van der Waals surface area contributed by atoms with Crippen LogP contribution in [0, 0.1) is 3.57 Å². The molecule has 21 heavy (non-hydrogen) atoms. The number of benzene rings is 2. The van der Waals surface area contributed by atoms with E-state index in [9.17, 15) is 0 Å². The van der Waals surface area contributed by atoms with E-state index >= 15 is 0 Å². The number of imidazole rings is 1.